The van der Waals surface area contributed by atoms with Gasteiger partial charge in [-0.15, -0.1) is 0 Å². The van der Waals surface area contributed by atoms with Crippen LogP contribution in [-0.2, 0) is 20.2 Å². The highest BCUT2D eigenvalue weighted by Crippen LogP contribution is 2.20. The van der Waals surface area contributed by atoms with Crippen LogP contribution in [-0.4, -0.2) is 35.9 Å². The van der Waals surface area contributed by atoms with Gasteiger partial charge in [-0.3, -0.25) is 9.11 Å². The fourth-order valence-corrected chi connectivity index (χ4v) is 2.99. The first-order valence-corrected chi connectivity index (χ1v) is 8.11. The predicted octanol–water partition coefficient (Wildman–Crippen LogP) is -1.85. The van der Waals surface area contributed by atoms with Crippen molar-refractivity contribution in [3.05, 3.63) is 22.6 Å². The molecule has 0 spiro atoms. The molecule has 0 amide bonds. The Balaban J connectivity index is 2.85. The van der Waals surface area contributed by atoms with Gasteiger partial charge in [0.15, 0.2) is 4.87 Å². The third-order valence-corrected chi connectivity index (χ3v) is 5.04. The van der Waals surface area contributed by atoms with Gasteiger partial charge < -0.3 is 10.8 Å². The third kappa shape index (κ3) is 2.43. The largest absolute Gasteiger partial charge is 0.507 e. The van der Waals surface area contributed by atoms with E-state index in [0.29, 0.717) is 0 Å². The Hall–Kier alpha value is -1.46. The van der Waals surface area contributed by atoms with Crippen molar-refractivity contribution in [2.75, 3.05) is 0 Å². The van der Waals surface area contributed by atoms with Crippen LogP contribution in [0.1, 0.15) is 6.42 Å². The van der Waals surface area contributed by atoms with E-state index in [1.807, 2.05) is 0 Å². The first-order chi connectivity index (χ1) is 8.94. The number of nitrogens with two attached hydrogens (primary N) is 1. The van der Waals surface area contributed by atoms with Crippen LogP contribution < -0.4 is 16.2 Å². The topological polar surface area (TPSA) is 155 Å². The third-order valence-electron chi connectivity index (χ3n) is 2.97. The van der Waals surface area contributed by atoms with Crippen molar-refractivity contribution >= 4 is 32.4 Å². The van der Waals surface area contributed by atoms with Gasteiger partial charge in [-0.05, 0) is 17.4 Å². The number of phenolic OH excluding ortho intramolecular Hbond substituents is 1. The van der Waals surface area contributed by atoms with E-state index in [2.05, 4.69) is 0 Å². The summed E-state index contributed by atoms with van der Waals surface area (Å²) in [5.74, 6) is -0.455. The first-order valence-electron chi connectivity index (χ1n) is 5.23. The Morgan fingerprint density at radius 2 is 1.75 bits per heavy atom. The van der Waals surface area contributed by atoms with Crippen LogP contribution in [0.15, 0.2) is 17.0 Å². The molecule has 5 N–H and O–H groups in total. The monoisotopic (exact) mass is 321 g/mol. The zero-order valence-electron chi connectivity index (χ0n) is 9.88. The summed E-state index contributed by atoms with van der Waals surface area (Å²) in [7, 11) is -9.21. The number of hydrogen-bond acceptors (Lipinski definition) is 6. The van der Waals surface area contributed by atoms with Gasteiger partial charge >= 0.3 is 0 Å². The summed E-state index contributed by atoms with van der Waals surface area (Å²) in [5.41, 5.74) is 5.54. The number of fused-ring (bicyclic) bond motifs is 1. The molecule has 0 aliphatic heterocycles. The molecule has 1 aliphatic carbocycles. The molecule has 0 heterocycles. The number of aromatic hydroxyl groups is 1. The molecule has 1 unspecified atom stereocenters. The number of rotatable bonds is 2. The standard InChI is InChI=1S/C10H11NO7S2/c11-10(20(16,17)18)2-1-8-6(5-10)3-7(4-9(8)12)19(13,14)15/h1,3-5,12H,2,11H2,(H,13,14,15)(H,16,17,18). The van der Waals surface area contributed by atoms with Crippen molar-refractivity contribution in [3.8, 4) is 5.75 Å². The van der Waals surface area contributed by atoms with Crippen LogP contribution >= 0.6 is 0 Å². The Morgan fingerprint density at radius 3 is 2.25 bits per heavy atom. The molecular formula is C10H11NO7S2. The quantitative estimate of drug-likeness (QED) is 0.462. The summed E-state index contributed by atoms with van der Waals surface area (Å²) in [6, 6.07) is 1.78. The lowest BCUT2D eigenvalue weighted by atomic mass is 10.0. The van der Waals surface area contributed by atoms with E-state index in [-0.39, 0.29) is 16.9 Å². The van der Waals surface area contributed by atoms with Crippen LogP contribution in [0.2, 0.25) is 0 Å². The lowest BCUT2D eigenvalue weighted by Crippen LogP contribution is -2.50. The van der Waals surface area contributed by atoms with E-state index in [0.717, 1.165) is 18.2 Å². The van der Waals surface area contributed by atoms with Crippen molar-refractivity contribution in [1.82, 2.24) is 0 Å². The van der Waals surface area contributed by atoms with E-state index in [1.54, 1.807) is 0 Å². The molecule has 0 bridgehead atoms. The Bertz CT molecular complexity index is 902. The summed E-state index contributed by atoms with van der Waals surface area (Å²) in [5, 5.41) is 9.84. The summed E-state index contributed by atoms with van der Waals surface area (Å²) in [6.45, 7) is 0. The van der Waals surface area contributed by atoms with Gasteiger partial charge in [0.05, 0.1) is 4.90 Å². The van der Waals surface area contributed by atoms with Gasteiger partial charge in [0.1, 0.15) is 5.75 Å². The SMILES string of the molecule is NC1(S(=O)(=O)O)C=c2cc(S(=O)(=O)O)cc(O)c2=CC1. The molecule has 1 aromatic rings. The molecule has 1 atom stereocenters. The van der Waals surface area contributed by atoms with Crippen molar-refractivity contribution in [2.45, 2.75) is 16.2 Å². The van der Waals surface area contributed by atoms with Crippen LogP contribution in [0, 0.1) is 0 Å². The molecule has 8 nitrogen and oxygen atoms in total. The molecular weight excluding hydrogens is 310 g/mol. The zero-order chi connectivity index (χ0) is 15.3. The Morgan fingerprint density at radius 1 is 1.15 bits per heavy atom. The van der Waals surface area contributed by atoms with E-state index < -0.39 is 35.8 Å². The van der Waals surface area contributed by atoms with E-state index in [1.165, 1.54) is 6.08 Å². The summed E-state index contributed by atoms with van der Waals surface area (Å²) in [6.07, 6.45) is 1.88. The van der Waals surface area contributed by atoms with E-state index in [4.69, 9.17) is 14.8 Å². The van der Waals surface area contributed by atoms with Crippen LogP contribution in [0.5, 0.6) is 5.75 Å². The molecule has 0 saturated heterocycles. The molecule has 1 aromatic carbocycles. The number of hydrogen-bond donors (Lipinski definition) is 4. The lowest BCUT2D eigenvalue weighted by Gasteiger charge is -2.23. The van der Waals surface area contributed by atoms with Gasteiger partial charge in [-0.25, -0.2) is 0 Å². The summed E-state index contributed by atoms with van der Waals surface area (Å²) < 4.78 is 62.6. The minimum absolute atomic E-state index is 0.0241. The Kier molecular flexibility index (Phi) is 3.19. The first kappa shape index (κ1) is 14.9. The van der Waals surface area contributed by atoms with Crippen LogP contribution in [0.25, 0.3) is 12.2 Å². The highest BCUT2D eigenvalue weighted by molar-refractivity contribution is 7.87. The molecule has 20 heavy (non-hydrogen) atoms. The maximum atomic E-state index is 11.2. The lowest BCUT2D eigenvalue weighted by molar-refractivity contribution is 0.451. The van der Waals surface area contributed by atoms with Crippen LogP contribution in [0.3, 0.4) is 0 Å². The fourth-order valence-electron chi connectivity index (χ4n) is 1.89. The molecule has 10 heteroatoms. The van der Waals surface area contributed by atoms with E-state index >= 15 is 0 Å². The minimum Gasteiger partial charge on any atom is -0.507 e. The van der Waals surface area contributed by atoms with Crippen molar-refractivity contribution in [1.29, 1.82) is 0 Å². The Labute approximate surface area is 114 Å². The molecule has 0 fully saturated rings. The van der Waals surface area contributed by atoms with Crippen molar-refractivity contribution in [2.24, 2.45) is 5.73 Å². The highest BCUT2D eigenvalue weighted by atomic mass is 32.2. The number of benzene rings is 1. The molecule has 0 radical (unpaired) electrons. The second-order valence-corrected chi connectivity index (χ2v) is 7.53. The van der Waals surface area contributed by atoms with Gasteiger partial charge in [0.2, 0.25) is 0 Å². The van der Waals surface area contributed by atoms with Crippen molar-refractivity contribution in [3.63, 3.8) is 0 Å². The minimum atomic E-state index is -4.63. The maximum Gasteiger partial charge on any atom is 0.294 e. The van der Waals surface area contributed by atoms with Gasteiger partial charge in [-0.1, -0.05) is 6.08 Å². The molecule has 110 valence electrons. The molecule has 1 aliphatic rings. The van der Waals surface area contributed by atoms with E-state index in [9.17, 15) is 21.9 Å². The average Bonchev–Trinajstić information content (AvgIpc) is 2.25. The number of phenols is 1. The molecule has 2 rings (SSSR count). The normalized spacial score (nSPS) is 22.6. The van der Waals surface area contributed by atoms with Crippen molar-refractivity contribution < 1.29 is 31.0 Å². The van der Waals surface area contributed by atoms with Gasteiger partial charge in [0.25, 0.3) is 20.2 Å². The second-order valence-electron chi connectivity index (χ2n) is 4.40. The van der Waals surface area contributed by atoms with Gasteiger partial charge in [-0.2, -0.15) is 16.8 Å². The summed E-state index contributed by atoms with van der Waals surface area (Å²) >= 11 is 0. The highest BCUT2D eigenvalue weighted by Gasteiger charge is 2.37. The second kappa shape index (κ2) is 4.27. The molecule has 0 saturated carbocycles. The fraction of sp³-hybridized carbons (Fsp3) is 0.200. The summed E-state index contributed by atoms with van der Waals surface area (Å²) in [4.78, 5) is -2.73. The van der Waals surface area contributed by atoms with Gasteiger partial charge in [0, 0.05) is 17.7 Å². The average molecular weight is 321 g/mol. The maximum absolute atomic E-state index is 11.2. The zero-order valence-corrected chi connectivity index (χ0v) is 11.5. The van der Waals surface area contributed by atoms with Crippen LogP contribution in [0.4, 0.5) is 0 Å². The predicted molar refractivity (Wildman–Crippen MR) is 69.2 cm³/mol. The smallest absolute Gasteiger partial charge is 0.294 e. The molecule has 0 aromatic heterocycles.